The Labute approximate surface area is 47.9 Å². The molecule has 0 aromatic heterocycles. The summed E-state index contributed by atoms with van der Waals surface area (Å²) in [7, 11) is 0. The molecule has 3 heteroatoms. The third-order valence-electron chi connectivity index (χ3n) is 1.22. The van der Waals surface area contributed by atoms with Gasteiger partial charge in [-0.2, -0.15) is 0 Å². The normalized spacial score (nSPS) is 39.8. The van der Waals surface area contributed by atoms with Gasteiger partial charge in [-0.25, -0.2) is 0 Å². The van der Waals surface area contributed by atoms with Crippen molar-refractivity contribution in [2.45, 2.75) is 31.8 Å². The summed E-state index contributed by atoms with van der Waals surface area (Å²) in [5, 5.41) is 17.4. The van der Waals surface area contributed by atoms with Gasteiger partial charge in [-0.15, -0.1) is 0 Å². The molecule has 1 aliphatic rings. The molecule has 0 aromatic rings. The van der Waals surface area contributed by atoms with Crippen LogP contribution in [0.15, 0.2) is 0 Å². The minimum absolute atomic E-state index is 0.650. The van der Waals surface area contributed by atoms with Crippen LogP contribution in [-0.2, 0) is 4.74 Å². The van der Waals surface area contributed by atoms with Crippen LogP contribution >= 0.6 is 0 Å². The van der Waals surface area contributed by atoms with Gasteiger partial charge >= 0.3 is 0 Å². The summed E-state index contributed by atoms with van der Waals surface area (Å²) in [5.74, 6) is 0. The fourth-order valence-corrected chi connectivity index (χ4v) is 0.784. The van der Waals surface area contributed by atoms with Crippen LogP contribution in [0.25, 0.3) is 0 Å². The lowest BCUT2D eigenvalue weighted by Crippen LogP contribution is -2.26. The molecule has 2 N–H and O–H groups in total. The zero-order chi connectivity index (χ0) is 5.98. The Hall–Kier alpha value is -0.120. The molecule has 0 radical (unpaired) electrons. The Balaban J connectivity index is 2.23. The van der Waals surface area contributed by atoms with E-state index in [4.69, 9.17) is 10.2 Å². The molecule has 0 saturated carbocycles. The first-order chi connectivity index (χ1) is 3.79. The van der Waals surface area contributed by atoms with E-state index in [9.17, 15) is 0 Å². The van der Waals surface area contributed by atoms with Crippen molar-refractivity contribution in [3.63, 3.8) is 0 Å². The lowest BCUT2D eigenvalue weighted by atomic mass is 10.2. The highest BCUT2D eigenvalue weighted by atomic mass is 16.7. The van der Waals surface area contributed by atoms with Crippen molar-refractivity contribution < 1.29 is 14.9 Å². The van der Waals surface area contributed by atoms with Crippen LogP contribution in [0.5, 0.6) is 0 Å². The van der Waals surface area contributed by atoms with Gasteiger partial charge in [0.25, 0.3) is 0 Å². The number of aliphatic hydroxyl groups excluding tert-OH is 2. The molecular weight excluding hydrogens is 108 g/mol. The van der Waals surface area contributed by atoms with Gasteiger partial charge < -0.3 is 14.9 Å². The summed E-state index contributed by atoms with van der Waals surface area (Å²) in [5.41, 5.74) is 0. The van der Waals surface area contributed by atoms with Crippen molar-refractivity contribution in [1.29, 1.82) is 0 Å². The molecule has 48 valence electrons. The maximum atomic E-state index is 8.70. The fraction of sp³-hybridized carbons (Fsp3) is 1.00. The topological polar surface area (TPSA) is 49.7 Å². The smallest absolute Gasteiger partial charge is 0.157 e. The van der Waals surface area contributed by atoms with Crippen molar-refractivity contribution in [3.05, 3.63) is 0 Å². The van der Waals surface area contributed by atoms with Gasteiger partial charge in [-0.1, -0.05) is 0 Å². The molecule has 1 heterocycles. The number of ether oxygens (including phenoxy) is 1. The molecule has 1 saturated heterocycles. The molecule has 0 amide bonds. The first-order valence-corrected chi connectivity index (χ1v) is 2.80. The summed E-state index contributed by atoms with van der Waals surface area (Å²) < 4.78 is 4.60. The molecule has 0 aromatic carbocycles. The van der Waals surface area contributed by atoms with Crippen molar-refractivity contribution in [2.24, 2.45) is 0 Å². The SMILES string of the molecule is OC1CCCC(O)O1. The third-order valence-corrected chi connectivity index (χ3v) is 1.22. The van der Waals surface area contributed by atoms with Gasteiger partial charge in [0.15, 0.2) is 12.6 Å². The predicted molar refractivity (Wildman–Crippen MR) is 26.9 cm³/mol. The van der Waals surface area contributed by atoms with Crippen molar-refractivity contribution in [2.75, 3.05) is 0 Å². The first-order valence-electron chi connectivity index (χ1n) is 2.80. The molecule has 0 bridgehead atoms. The Morgan fingerprint density at radius 3 is 1.88 bits per heavy atom. The van der Waals surface area contributed by atoms with Gasteiger partial charge in [0.1, 0.15) is 0 Å². The zero-order valence-corrected chi connectivity index (χ0v) is 4.58. The van der Waals surface area contributed by atoms with E-state index in [-0.39, 0.29) is 0 Å². The maximum Gasteiger partial charge on any atom is 0.157 e. The van der Waals surface area contributed by atoms with Crippen molar-refractivity contribution in [3.8, 4) is 0 Å². The highest BCUT2D eigenvalue weighted by molar-refractivity contribution is 4.54. The standard InChI is InChI=1S/C5H10O3/c6-4-2-1-3-5(7)8-4/h4-7H,1-3H2. The van der Waals surface area contributed by atoms with E-state index in [1.165, 1.54) is 0 Å². The van der Waals surface area contributed by atoms with E-state index in [2.05, 4.69) is 4.74 Å². The minimum atomic E-state index is -0.737. The molecular formula is C5H10O3. The number of hydrogen-bond donors (Lipinski definition) is 2. The largest absolute Gasteiger partial charge is 0.368 e. The summed E-state index contributed by atoms with van der Waals surface area (Å²) in [6.07, 6.45) is 0.675. The molecule has 1 aliphatic heterocycles. The van der Waals surface area contributed by atoms with Crippen LogP contribution in [0, 0.1) is 0 Å². The molecule has 8 heavy (non-hydrogen) atoms. The fourth-order valence-electron chi connectivity index (χ4n) is 0.784. The monoisotopic (exact) mass is 118 g/mol. The molecule has 1 fully saturated rings. The van der Waals surface area contributed by atoms with Crippen molar-refractivity contribution >= 4 is 0 Å². The second kappa shape index (κ2) is 2.44. The average molecular weight is 118 g/mol. The first kappa shape index (κ1) is 6.01. The van der Waals surface area contributed by atoms with Crippen LogP contribution in [-0.4, -0.2) is 22.8 Å². The van der Waals surface area contributed by atoms with Crippen LogP contribution in [0.1, 0.15) is 19.3 Å². The highest BCUT2D eigenvalue weighted by Crippen LogP contribution is 2.14. The second-order valence-corrected chi connectivity index (χ2v) is 1.98. The zero-order valence-electron chi connectivity index (χ0n) is 4.58. The number of aliphatic hydroxyl groups is 2. The van der Waals surface area contributed by atoms with Gasteiger partial charge in [-0.3, -0.25) is 0 Å². The molecule has 0 aliphatic carbocycles. The summed E-state index contributed by atoms with van der Waals surface area (Å²) in [6, 6.07) is 0. The maximum absolute atomic E-state index is 8.70. The lowest BCUT2D eigenvalue weighted by Gasteiger charge is -2.21. The quantitative estimate of drug-likeness (QED) is 0.464. The summed E-state index contributed by atoms with van der Waals surface area (Å²) in [4.78, 5) is 0. The lowest BCUT2D eigenvalue weighted by molar-refractivity contribution is -0.231. The molecule has 3 nitrogen and oxygen atoms in total. The van der Waals surface area contributed by atoms with E-state index < -0.39 is 12.6 Å². The second-order valence-electron chi connectivity index (χ2n) is 1.98. The van der Waals surface area contributed by atoms with Crippen LogP contribution in [0.4, 0.5) is 0 Å². The van der Waals surface area contributed by atoms with E-state index in [0.717, 1.165) is 6.42 Å². The van der Waals surface area contributed by atoms with Crippen LogP contribution in [0.3, 0.4) is 0 Å². The van der Waals surface area contributed by atoms with E-state index in [1.807, 2.05) is 0 Å². The Kier molecular flexibility index (Phi) is 1.83. The number of rotatable bonds is 0. The Bertz CT molecular complexity index is 66.1. The van der Waals surface area contributed by atoms with E-state index in [1.54, 1.807) is 0 Å². The number of hydrogen-bond acceptors (Lipinski definition) is 3. The molecule has 1 rings (SSSR count). The summed E-state index contributed by atoms with van der Waals surface area (Å²) >= 11 is 0. The van der Waals surface area contributed by atoms with Gasteiger partial charge in [-0.05, 0) is 19.3 Å². The highest BCUT2D eigenvalue weighted by Gasteiger charge is 2.16. The van der Waals surface area contributed by atoms with Gasteiger partial charge in [0.05, 0.1) is 0 Å². The van der Waals surface area contributed by atoms with Crippen LogP contribution in [0.2, 0.25) is 0 Å². The summed E-state index contributed by atoms with van der Waals surface area (Å²) in [6.45, 7) is 0. The Morgan fingerprint density at radius 2 is 1.62 bits per heavy atom. The third kappa shape index (κ3) is 1.43. The average Bonchev–Trinajstić information content (AvgIpc) is 1.64. The minimum Gasteiger partial charge on any atom is -0.368 e. The Morgan fingerprint density at radius 1 is 1.12 bits per heavy atom. The predicted octanol–water partition coefficient (Wildman–Crippen LogP) is -0.176. The van der Waals surface area contributed by atoms with Crippen molar-refractivity contribution in [1.82, 2.24) is 0 Å². The van der Waals surface area contributed by atoms with Crippen LogP contribution < -0.4 is 0 Å². The van der Waals surface area contributed by atoms with E-state index in [0.29, 0.717) is 12.8 Å². The molecule has 2 unspecified atom stereocenters. The van der Waals surface area contributed by atoms with Gasteiger partial charge in [0, 0.05) is 0 Å². The van der Waals surface area contributed by atoms with Gasteiger partial charge in [0.2, 0.25) is 0 Å². The molecule has 2 atom stereocenters. The molecule has 0 spiro atoms. The van der Waals surface area contributed by atoms with E-state index >= 15 is 0 Å².